The molecule has 0 radical (unpaired) electrons. The molecule has 4 saturated carbocycles. The fraction of sp³-hybridized carbons (Fsp3) is 0.969. The summed E-state index contributed by atoms with van der Waals surface area (Å²) in [6, 6.07) is 0. The molecule has 4 aliphatic carbocycles. The van der Waals surface area contributed by atoms with E-state index in [4.69, 9.17) is 14.2 Å². The zero-order valence-electron chi connectivity index (χ0n) is 25.5. The second-order valence-corrected chi connectivity index (χ2v) is 15.5. The average Bonchev–Trinajstić information content (AvgIpc) is 3.20. The first-order chi connectivity index (χ1) is 17.9. The molecule has 0 aromatic carbocycles. The lowest BCUT2D eigenvalue weighted by atomic mass is 9.44. The molecule has 13 atom stereocenters. The Morgan fingerprint density at radius 2 is 1.67 bits per heavy atom. The summed E-state index contributed by atoms with van der Waals surface area (Å²) in [4.78, 5) is 11.8. The fourth-order valence-electron chi connectivity index (χ4n) is 10.8. The Morgan fingerprint density at radius 1 is 1.00 bits per heavy atom. The summed E-state index contributed by atoms with van der Waals surface area (Å²) >= 11 is 0. The molecule has 39 heavy (non-hydrogen) atoms. The first-order valence-electron chi connectivity index (χ1n) is 15.6. The largest absolute Gasteiger partial charge is 0.460 e. The number of ether oxygens (including phenoxy) is 3. The van der Waals surface area contributed by atoms with E-state index in [0.29, 0.717) is 30.1 Å². The number of esters is 1. The van der Waals surface area contributed by atoms with Crippen molar-refractivity contribution < 1.29 is 34.3 Å². The molecule has 5 aliphatic rings. The van der Waals surface area contributed by atoms with Crippen LogP contribution in [0.5, 0.6) is 0 Å². The summed E-state index contributed by atoms with van der Waals surface area (Å²) in [5.41, 5.74) is -1.46. The molecule has 7 heteroatoms. The molecule has 5 fully saturated rings. The second kappa shape index (κ2) is 9.65. The topological polar surface area (TPSA) is 105 Å². The molecular formula is C32H54O7. The SMILES string of the molecule is CC(=O)OC(C)(C)[C@@H](C)C[C@H]1OC(C)(O)O[C@@]1(C)[C@H]1[C@@H](O)C[C@H]2[C@@H]3CC[C@H]4C[C@@H](O)CC[C@]4(C)[C@H]3CC[C@@]21C. The van der Waals surface area contributed by atoms with Gasteiger partial charge in [0.05, 0.1) is 18.3 Å². The normalized spacial score (nSPS) is 52.5. The maximum atomic E-state index is 11.8. The van der Waals surface area contributed by atoms with Crippen molar-refractivity contribution in [1.82, 2.24) is 0 Å². The standard InChI is InChI=1S/C32H54O7/c1-18(28(3,4)37-19(2)33)15-26-31(7,39-32(8,36)38-26)27-25(35)17-24-22-10-9-20-16-21(34)11-13-29(20,5)23(22)12-14-30(24,27)6/h18,20-27,34-36H,9-17H2,1-8H3/t18-,20-,21-,22+,23-,24-,25-,26+,27-,29-,30-,31+,32?/m0/s1. The minimum Gasteiger partial charge on any atom is -0.460 e. The lowest BCUT2D eigenvalue weighted by molar-refractivity contribution is -0.319. The molecule has 224 valence electrons. The van der Waals surface area contributed by atoms with Gasteiger partial charge in [0.15, 0.2) is 0 Å². The third kappa shape index (κ3) is 4.80. The van der Waals surface area contributed by atoms with E-state index >= 15 is 0 Å². The quantitative estimate of drug-likeness (QED) is 0.405. The molecule has 0 bridgehead atoms. The maximum absolute atomic E-state index is 11.8. The fourth-order valence-corrected chi connectivity index (χ4v) is 10.8. The van der Waals surface area contributed by atoms with E-state index in [1.807, 2.05) is 27.7 Å². The Kier molecular flexibility index (Phi) is 7.36. The second-order valence-electron chi connectivity index (χ2n) is 15.5. The van der Waals surface area contributed by atoms with Crippen molar-refractivity contribution in [2.45, 2.75) is 149 Å². The minimum atomic E-state index is -1.75. The smallest absolute Gasteiger partial charge is 0.303 e. The van der Waals surface area contributed by atoms with E-state index in [-0.39, 0.29) is 34.7 Å². The first kappa shape index (κ1) is 29.8. The monoisotopic (exact) mass is 550 g/mol. The predicted octanol–water partition coefficient (Wildman–Crippen LogP) is 5.19. The van der Waals surface area contributed by atoms with Gasteiger partial charge in [-0.2, -0.15) is 0 Å². The number of hydrogen-bond acceptors (Lipinski definition) is 7. The summed E-state index contributed by atoms with van der Waals surface area (Å²) in [5, 5.41) is 33.2. The molecule has 1 unspecified atom stereocenters. The van der Waals surface area contributed by atoms with Gasteiger partial charge < -0.3 is 29.5 Å². The lowest BCUT2D eigenvalue weighted by Crippen LogP contribution is -2.58. The van der Waals surface area contributed by atoms with Gasteiger partial charge in [-0.3, -0.25) is 4.79 Å². The highest BCUT2D eigenvalue weighted by atomic mass is 16.9. The van der Waals surface area contributed by atoms with Gasteiger partial charge >= 0.3 is 5.97 Å². The van der Waals surface area contributed by atoms with Crippen molar-refractivity contribution in [1.29, 1.82) is 0 Å². The number of carbonyl (C=O) groups is 1. The van der Waals surface area contributed by atoms with Crippen LogP contribution >= 0.6 is 0 Å². The van der Waals surface area contributed by atoms with E-state index < -0.39 is 29.4 Å². The van der Waals surface area contributed by atoms with Crippen LogP contribution in [0, 0.1) is 46.3 Å². The van der Waals surface area contributed by atoms with Crippen LogP contribution in [0.3, 0.4) is 0 Å². The highest BCUT2D eigenvalue weighted by Crippen LogP contribution is 2.69. The van der Waals surface area contributed by atoms with Crippen LogP contribution in [0.25, 0.3) is 0 Å². The van der Waals surface area contributed by atoms with Crippen LogP contribution in [-0.4, -0.2) is 56.8 Å². The van der Waals surface area contributed by atoms with Crippen molar-refractivity contribution >= 4 is 5.97 Å². The Hall–Kier alpha value is -0.730. The third-order valence-electron chi connectivity index (χ3n) is 12.9. The van der Waals surface area contributed by atoms with Crippen molar-refractivity contribution in [3.8, 4) is 0 Å². The van der Waals surface area contributed by atoms with Crippen LogP contribution in [-0.2, 0) is 19.0 Å². The third-order valence-corrected chi connectivity index (χ3v) is 12.9. The molecule has 1 saturated heterocycles. The Bertz CT molecular complexity index is 949. The lowest BCUT2D eigenvalue weighted by Gasteiger charge is -2.61. The zero-order valence-corrected chi connectivity index (χ0v) is 25.5. The number of fused-ring (bicyclic) bond motifs is 5. The van der Waals surface area contributed by atoms with Crippen molar-refractivity contribution in [2.75, 3.05) is 0 Å². The van der Waals surface area contributed by atoms with E-state index in [1.165, 1.54) is 19.8 Å². The highest BCUT2D eigenvalue weighted by Gasteiger charge is 2.69. The molecule has 0 amide bonds. The van der Waals surface area contributed by atoms with Crippen LogP contribution in [0.1, 0.15) is 113 Å². The molecule has 0 aromatic heterocycles. The molecule has 1 heterocycles. The van der Waals surface area contributed by atoms with E-state index in [9.17, 15) is 20.1 Å². The summed E-state index contributed by atoms with van der Waals surface area (Å²) < 4.78 is 18.2. The van der Waals surface area contributed by atoms with Crippen molar-refractivity contribution in [3.63, 3.8) is 0 Å². The molecule has 1 aliphatic heterocycles. The van der Waals surface area contributed by atoms with E-state index in [0.717, 1.165) is 38.5 Å². The van der Waals surface area contributed by atoms with Crippen LogP contribution in [0.2, 0.25) is 0 Å². The van der Waals surface area contributed by atoms with Gasteiger partial charge in [-0.1, -0.05) is 20.8 Å². The minimum absolute atomic E-state index is 0.0574. The number of aliphatic hydroxyl groups is 3. The van der Waals surface area contributed by atoms with Gasteiger partial charge in [0.2, 0.25) is 0 Å². The van der Waals surface area contributed by atoms with Crippen molar-refractivity contribution in [2.24, 2.45) is 46.3 Å². The molecular weight excluding hydrogens is 496 g/mol. The van der Waals surface area contributed by atoms with Gasteiger partial charge in [0.1, 0.15) is 11.2 Å². The molecule has 7 nitrogen and oxygen atoms in total. The summed E-state index contributed by atoms with van der Waals surface area (Å²) in [7, 11) is 0. The summed E-state index contributed by atoms with van der Waals surface area (Å²) in [6.07, 6.45) is 7.58. The number of aliphatic hydroxyl groups excluding tert-OH is 2. The van der Waals surface area contributed by atoms with Crippen LogP contribution in [0.15, 0.2) is 0 Å². The molecule has 3 N–H and O–H groups in total. The van der Waals surface area contributed by atoms with E-state index in [2.05, 4.69) is 13.8 Å². The van der Waals surface area contributed by atoms with Gasteiger partial charge in [0, 0.05) is 19.8 Å². The highest BCUT2D eigenvalue weighted by molar-refractivity contribution is 5.66. The van der Waals surface area contributed by atoms with Gasteiger partial charge in [0.25, 0.3) is 5.97 Å². The molecule has 0 spiro atoms. The number of hydrogen-bond donors (Lipinski definition) is 3. The van der Waals surface area contributed by atoms with Crippen LogP contribution in [0.4, 0.5) is 0 Å². The van der Waals surface area contributed by atoms with Crippen LogP contribution < -0.4 is 0 Å². The summed E-state index contributed by atoms with van der Waals surface area (Å²) in [5.74, 6) is -0.127. The number of carbonyl (C=O) groups excluding carboxylic acids is 1. The van der Waals surface area contributed by atoms with Gasteiger partial charge in [-0.15, -0.1) is 0 Å². The Labute approximate surface area is 235 Å². The van der Waals surface area contributed by atoms with Gasteiger partial charge in [-0.25, -0.2) is 0 Å². The summed E-state index contributed by atoms with van der Waals surface area (Å²) in [6.45, 7) is 15.7. The number of rotatable bonds is 5. The predicted molar refractivity (Wildman–Crippen MR) is 147 cm³/mol. The van der Waals surface area contributed by atoms with Crippen molar-refractivity contribution in [3.05, 3.63) is 0 Å². The van der Waals surface area contributed by atoms with E-state index in [1.54, 1.807) is 6.92 Å². The first-order valence-corrected chi connectivity index (χ1v) is 15.6. The molecule has 0 aromatic rings. The average molecular weight is 551 g/mol. The Balaban J connectivity index is 1.42. The Morgan fingerprint density at radius 3 is 2.33 bits per heavy atom. The maximum Gasteiger partial charge on any atom is 0.303 e. The van der Waals surface area contributed by atoms with Gasteiger partial charge in [-0.05, 0) is 119 Å². The zero-order chi connectivity index (χ0) is 28.8. The molecule has 5 rings (SSSR count).